The number of unbranched alkanes of at least 4 members (excludes halogenated alkanes) is 1. The summed E-state index contributed by atoms with van der Waals surface area (Å²) in [6.07, 6.45) is 12.6. The largest absolute Gasteiger partial charge is 0.339 e. The van der Waals surface area contributed by atoms with Gasteiger partial charge in [-0.1, -0.05) is 12.2 Å². The van der Waals surface area contributed by atoms with Crippen LogP contribution in [0.2, 0.25) is 0 Å². The van der Waals surface area contributed by atoms with E-state index in [1.807, 2.05) is 17.1 Å². The number of amides is 1. The fraction of sp³-hybridized carbons (Fsp3) is 0.545. The van der Waals surface area contributed by atoms with E-state index >= 15 is 0 Å². The Hall–Kier alpha value is -1.23. The van der Waals surface area contributed by atoms with E-state index in [1.54, 1.807) is 0 Å². The highest BCUT2D eigenvalue weighted by molar-refractivity contribution is 5.78. The maximum atomic E-state index is 11.2. The van der Waals surface area contributed by atoms with Crippen LogP contribution in [0.1, 0.15) is 25.7 Å². The first-order valence-corrected chi connectivity index (χ1v) is 4.71. The predicted molar refractivity (Wildman–Crippen MR) is 53.0 cm³/mol. The molecule has 0 N–H and O–H groups in total. The quantitative estimate of drug-likeness (QED) is 0.362. The molecule has 70 valence electrons. The van der Waals surface area contributed by atoms with Gasteiger partial charge in [-0.3, -0.25) is 4.79 Å². The summed E-state index contributed by atoms with van der Waals surface area (Å²) in [5.41, 5.74) is 0. The number of terminal acetylenes is 1. The van der Waals surface area contributed by atoms with Crippen molar-refractivity contribution in [3.63, 3.8) is 0 Å². The third kappa shape index (κ3) is 3.33. The zero-order chi connectivity index (χ0) is 9.52. The lowest BCUT2D eigenvalue weighted by Crippen LogP contribution is -2.24. The molecule has 1 saturated heterocycles. The number of carbonyl (C=O) groups is 1. The number of likely N-dealkylation sites (tertiary alicyclic amines) is 1. The van der Waals surface area contributed by atoms with E-state index < -0.39 is 0 Å². The van der Waals surface area contributed by atoms with Crippen LogP contribution in [0.5, 0.6) is 0 Å². The van der Waals surface area contributed by atoms with Gasteiger partial charge in [0, 0.05) is 25.9 Å². The first-order chi connectivity index (χ1) is 6.34. The topological polar surface area (TPSA) is 20.3 Å². The van der Waals surface area contributed by atoms with Crippen molar-refractivity contribution in [2.24, 2.45) is 0 Å². The first-order valence-electron chi connectivity index (χ1n) is 4.71. The Bertz CT molecular complexity index is 237. The summed E-state index contributed by atoms with van der Waals surface area (Å²) in [4.78, 5) is 13.0. The summed E-state index contributed by atoms with van der Waals surface area (Å²) in [5, 5.41) is 0. The molecule has 2 nitrogen and oxygen atoms in total. The highest BCUT2D eigenvalue weighted by Crippen LogP contribution is 2.08. The molecule has 1 aliphatic rings. The maximum absolute atomic E-state index is 11.2. The molecule has 1 rings (SSSR count). The molecule has 0 spiro atoms. The zero-order valence-corrected chi connectivity index (χ0v) is 7.83. The predicted octanol–water partition coefficient (Wildman–Crippen LogP) is 1.58. The second-order valence-corrected chi connectivity index (χ2v) is 3.16. The lowest BCUT2D eigenvalue weighted by molar-refractivity contribution is -0.127. The van der Waals surface area contributed by atoms with Crippen molar-refractivity contribution < 1.29 is 4.79 Å². The lowest BCUT2D eigenvalue weighted by atomic mass is 10.3. The van der Waals surface area contributed by atoms with Crippen LogP contribution in [-0.4, -0.2) is 23.9 Å². The van der Waals surface area contributed by atoms with E-state index in [2.05, 4.69) is 5.92 Å². The highest BCUT2D eigenvalue weighted by atomic mass is 16.2. The summed E-state index contributed by atoms with van der Waals surface area (Å²) in [6.45, 7) is 1.67. The second kappa shape index (κ2) is 5.42. The van der Waals surface area contributed by atoms with Crippen molar-refractivity contribution in [3.05, 3.63) is 12.2 Å². The fourth-order valence-corrected chi connectivity index (χ4v) is 1.38. The zero-order valence-electron chi connectivity index (χ0n) is 7.83. The summed E-state index contributed by atoms with van der Waals surface area (Å²) in [5.74, 6) is 2.85. The molecule has 0 atom stereocenters. The van der Waals surface area contributed by atoms with Gasteiger partial charge in [0.15, 0.2) is 0 Å². The van der Waals surface area contributed by atoms with Gasteiger partial charge in [-0.25, -0.2) is 0 Å². The number of nitrogens with zero attached hydrogens (tertiary/aromatic N) is 1. The molecule has 0 aromatic heterocycles. The number of rotatable bonds is 4. The van der Waals surface area contributed by atoms with Crippen LogP contribution in [-0.2, 0) is 4.79 Å². The summed E-state index contributed by atoms with van der Waals surface area (Å²) in [7, 11) is 0. The molecular weight excluding hydrogens is 162 g/mol. The molecule has 1 aliphatic heterocycles. The van der Waals surface area contributed by atoms with Crippen molar-refractivity contribution in [1.82, 2.24) is 4.90 Å². The Kier molecular flexibility index (Phi) is 4.11. The van der Waals surface area contributed by atoms with Crippen LogP contribution in [0.15, 0.2) is 12.2 Å². The molecule has 0 aromatic rings. The number of hydrogen-bond acceptors (Lipinski definition) is 1. The SMILES string of the molecule is C#CCC/C=C/CN1CCCC1=O. The van der Waals surface area contributed by atoms with E-state index in [0.717, 1.165) is 38.8 Å². The number of hydrogen-bond donors (Lipinski definition) is 0. The molecule has 0 aliphatic carbocycles. The molecular formula is C11H15NO. The third-order valence-electron chi connectivity index (χ3n) is 2.12. The van der Waals surface area contributed by atoms with E-state index in [-0.39, 0.29) is 5.91 Å². The minimum atomic E-state index is 0.279. The Morgan fingerprint density at radius 2 is 2.38 bits per heavy atom. The van der Waals surface area contributed by atoms with Gasteiger partial charge >= 0.3 is 0 Å². The molecule has 0 aromatic carbocycles. The maximum Gasteiger partial charge on any atom is 0.222 e. The molecule has 0 radical (unpaired) electrons. The van der Waals surface area contributed by atoms with Crippen LogP contribution >= 0.6 is 0 Å². The molecule has 1 fully saturated rings. The molecule has 1 heterocycles. The minimum absolute atomic E-state index is 0.279. The van der Waals surface area contributed by atoms with Crippen LogP contribution in [0.25, 0.3) is 0 Å². The Morgan fingerprint density at radius 3 is 3.00 bits per heavy atom. The average molecular weight is 177 g/mol. The lowest BCUT2D eigenvalue weighted by Gasteiger charge is -2.11. The van der Waals surface area contributed by atoms with E-state index in [1.165, 1.54) is 0 Å². The van der Waals surface area contributed by atoms with Gasteiger partial charge in [0.2, 0.25) is 5.91 Å². The van der Waals surface area contributed by atoms with Crippen molar-refractivity contribution >= 4 is 5.91 Å². The van der Waals surface area contributed by atoms with E-state index in [4.69, 9.17) is 6.42 Å². The van der Waals surface area contributed by atoms with Crippen molar-refractivity contribution in [1.29, 1.82) is 0 Å². The normalized spacial score (nSPS) is 16.8. The molecule has 2 heteroatoms. The van der Waals surface area contributed by atoms with Crippen molar-refractivity contribution in [2.45, 2.75) is 25.7 Å². The van der Waals surface area contributed by atoms with Gasteiger partial charge in [0.25, 0.3) is 0 Å². The molecule has 1 amide bonds. The first kappa shape index (κ1) is 9.85. The van der Waals surface area contributed by atoms with Crippen LogP contribution in [0.4, 0.5) is 0 Å². The Labute approximate surface area is 79.6 Å². The van der Waals surface area contributed by atoms with E-state index in [0.29, 0.717) is 0 Å². The molecule has 13 heavy (non-hydrogen) atoms. The fourth-order valence-electron chi connectivity index (χ4n) is 1.38. The van der Waals surface area contributed by atoms with Crippen LogP contribution in [0.3, 0.4) is 0 Å². The summed E-state index contributed by atoms with van der Waals surface area (Å²) in [6, 6.07) is 0. The van der Waals surface area contributed by atoms with Gasteiger partial charge in [-0.15, -0.1) is 12.3 Å². The Balaban J connectivity index is 2.15. The van der Waals surface area contributed by atoms with Gasteiger partial charge in [-0.05, 0) is 12.8 Å². The summed E-state index contributed by atoms with van der Waals surface area (Å²) < 4.78 is 0. The van der Waals surface area contributed by atoms with Gasteiger partial charge in [0.05, 0.1) is 0 Å². The monoisotopic (exact) mass is 177 g/mol. The third-order valence-corrected chi connectivity index (χ3v) is 2.12. The van der Waals surface area contributed by atoms with Gasteiger partial charge < -0.3 is 4.90 Å². The Morgan fingerprint density at radius 1 is 1.54 bits per heavy atom. The van der Waals surface area contributed by atoms with Crippen LogP contribution in [0, 0.1) is 12.3 Å². The van der Waals surface area contributed by atoms with Gasteiger partial charge in [0.1, 0.15) is 0 Å². The number of allylic oxidation sites excluding steroid dienone is 1. The van der Waals surface area contributed by atoms with E-state index in [9.17, 15) is 4.79 Å². The average Bonchev–Trinajstić information content (AvgIpc) is 2.52. The van der Waals surface area contributed by atoms with Gasteiger partial charge in [-0.2, -0.15) is 0 Å². The number of carbonyl (C=O) groups excluding carboxylic acids is 1. The smallest absolute Gasteiger partial charge is 0.222 e. The van der Waals surface area contributed by atoms with Crippen molar-refractivity contribution in [2.75, 3.05) is 13.1 Å². The minimum Gasteiger partial charge on any atom is -0.339 e. The van der Waals surface area contributed by atoms with Crippen molar-refractivity contribution in [3.8, 4) is 12.3 Å². The highest BCUT2D eigenvalue weighted by Gasteiger charge is 2.17. The molecule has 0 bridgehead atoms. The van der Waals surface area contributed by atoms with Crippen LogP contribution < -0.4 is 0 Å². The standard InChI is InChI=1S/C11H15NO/c1-2-3-4-5-6-9-12-10-7-8-11(12)13/h1,5-6H,3-4,7-10H2/b6-5+. The second-order valence-electron chi connectivity index (χ2n) is 3.16. The summed E-state index contributed by atoms with van der Waals surface area (Å²) >= 11 is 0. The molecule has 0 saturated carbocycles. The molecule has 0 unspecified atom stereocenters.